The molecule has 0 aliphatic rings. The van der Waals surface area contributed by atoms with Crippen molar-refractivity contribution in [2.75, 3.05) is 0 Å². The molecular weight excluding hydrogens is 310 g/mol. The lowest BCUT2D eigenvalue weighted by atomic mass is 9.89. The molecule has 4 nitrogen and oxygen atoms in total. The van der Waals surface area contributed by atoms with Gasteiger partial charge in [0.2, 0.25) is 0 Å². The van der Waals surface area contributed by atoms with Crippen LogP contribution in [0.5, 0.6) is 0 Å². The maximum Gasteiger partial charge on any atom is 0.272 e. The zero-order valence-electron chi connectivity index (χ0n) is 13.1. The van der Waals surface area contributed by atoms with Crippen molar-refractivity contribution in [2.45, 2.75) is 25.8 Å². The predicted molar refractivity (Wildman–Crippen MR) is 91.8 cm³/mol. The summed E-state index contributed by atoms with van der Waals surface area (Å²) in [6, 6.07) is 15.5. The molecule has 0 bridgehead atoms. The maximum atomic E-state index is 12.8. The molecule has 2 heterocycles. The molecule has 23 heavy (non-hydrogen) atoms. The first kappa shape index (κ1) is 15.6. The highest BCUT2D eigenvalue weighted by atomic mass is 35.5. The van der Waals surface area contributed by atoms with Gasteiger partial charge in [-0.25, -0.2) is 4.98 Å². The van der Waals surface area contributed by atoms with E-state index in [1.54, 1.807) is 10.6 Å². The van der Waals surface area contributed by atoms with Crippen molar-refractivity contribution in [3.8, 4) is 0 Å². The molecule has 0 saturated carbocycles. The van der Waals surface area contributed by atoms with E-state index >= 15 is 0 Å². The van der Waals surface area contributed by atoms with Gasteiger partial charge in [0.1, 0.15) is 5.65 Å². The van der Waals surface area contributed by atoms with E-state index < -0.39 is 5.54 Å². The van der Waals surface area contributed by atoms with Gasteiger partial charge in [-0.05, 0) is 31.0 Å². The summed E-state index contributed by atoms with van der Waals surface area (Å²) in [7, 11) is 0. The zero-order valence-corrected chi connectivity index (χ0v) is 13.8. The summed E-state index contributed by atoms with van der Waals surface area (Å²) >= 11 is 6.19. The Hall–Kier alpha value is -2.33. The Morgan fingerprint density at radius 3 is 2.61 bits per heavy atom. The predicted octanol–water partition coefficient (Wildman–Crippen LogP) is 4.04. The lowest BCUT2D eigenvalue weighted by molar-refractivity contribution is 0.0896. The molecule has 3 rings (SSSR count). The Morgan fingerprint density at radius 1 is 1.22 bits per heavy atom. The number of nitrogens with one attached hydrogen (secondary N) is 1. The number of carbonyl (C=O) groups is 1. The quantitative estimate of drug-likeness (QED) is 0.786. The van der Waals surface area contributed by atoms with Crippen LogP contribution < -0.4 is 5.32 Å². The Labute approximate surface area is 140 Å². The van der Waals surface area contributed by atoms with Crippen LogP contribution in [0.2, 0.25) is 5.15 Å². The molecule has 1 N–H and O–H groups in total. The molecule has 5 heteroatoms. The fourth-order valence-corrected chi connectivity index (χ4v) is 2.91. The third kappa shape index (κ3) is 2.82. The summed E-state index contributed by atoms with van der Waals surface area (Å²) in [4.78, 5) is 17.1. The van der Waals surface area contributed by atoms with Crippen LogP contribution in [-0.4, -0.2) is 15.3 Å². The largest absolute Gasteiger partial charge is 0.341 e. The molecule has 2 aromatic heterocycles. The van der Waals surface area contributed by atoms with E-state index in [4.69, 9.17) is 11.6 Å². The molecule has 1 amide bonds. The number of amides is 1. The third-order valence-electron chi connectivity index (χ3n) is 4.21. The number of nitrogens with zero attached hydrogens (tertiary/aromatic N) is 2. The van der Waals surface area contributed by atoms with Crippen LogP contribution in [0.25, 0.3) is 5.65 Å². The van der Waals surface area contributed by atoms with E-state index in [-0.39, 0.29) is 11.1 Å². The van der Waals surface area contributed by atoms with Gasteiger partial charge in [0.15, 0.2) is 10.8 Å². The van der Waals surface area contributed by atoms with Crippen LogP contribution >= 0.6 is 11.6 Å². The second-order valence-electron chi connectivity index (χ2n) is 5.69. The summed E-state index contributed by atoms with van der Waals surface area (Å²) in [6.07, 6.45) is 2.55. The fourth-order valence-electron chi connectivity index (χ4n) is 2.65. The Balaban J connectivity index is 1.98. The molecular formula is C18H18ClN3O. The molecule has 0 saturated heterocycles. The molecule has 0 aliphatic carbocycles. The van der Waals surface area contributed by atoms with Crippen molar-refractivity contribution in [1.82, 2.24) is 14.7 Å². The monoisotopic (exact) mass is 327 g/mol. The molecule has 0 spiro atoms. The van der Waals surface area contributed by atoms with Crippen molar-refractivity contribution < 1.29 is 4.79 Å². The molecule has 1 aromatic carbocycles. The SMILES string of the molecule is CCC(C)(NC(=O)c1c(Cl)nc2ccccn12)c1ccccc1. The Morgan fingerprint density at radius 2 is 1.91 bits per heavy atom. The molecule has 0 aliphatic heterocycles. The molecule has 1 unspecified atom stereocenters. The summed E-state index contributed by atoms with van der Waals surface area (Å²) < 4.78 is 1.71. The molecule has 3 aromatic rings. The number of rotatable bonds is 4. The summed E-state index contributed by atoms with van der Waals surface area (Å²) in [6.45, 7) is 4.06. The second-order valence-corrected chi connectivity index (χ2v) is 6.04. The first-order valence-corrected chi connectivity index (χ1v) is 7.93. The van der Waals surface area contributed by atoms with Gasteiger partial charge in [-0.1, -0.05) is 54.9 Å². The minimum Gasteiger partial charge on any atom is -0.341 e. The average molecular weight is 328 g/mol. The van der Waals surface area contributed by atoms with Crippen molar-refractivity contribution >= 4 is 23.2 Å². The van der Waals surface area contributed by atoms with Crippen LogP contribution in [0.4, 0.5) is 0 Å². The zero-order chi connectivity index (χ0) is 16.4. The van der Waals surface area contributed by atoms with E-state index in [0.717, 1.165) is 12.0 Å². The van der Waals surface area contributed by atoms with Crippen molar-refractivity contribution in [2.24, 2.45) is 0 Å². The van der Waals surface area contributed by atoms with Crippen molar-refractivity contribution in [3.05, 3.63) is 71.1 Å². The second kappa shape index (κ2) is 6.05. The number of carbonyl (C=O) groups excluding carboxylic acids is 1. The fraction of sp³-hybridized carbons (Fsp3) is 0.222. The van der Waals surface area contributed by atoms with E-state index in [0.29, 0.717) is 11.3 Å². The third-order valence-corrected chi connectivity index (χ3v) is 4.47. The van der Waals surface area contributed by atoms with Gasteiger partial charge in [-0.2, -0.15) is 0 Å². The number of imidazole rings is 1. The number of benzene rings is 1. The van der Waals surface area contributed by atoms with Gasteiger partial charge in [0.25, 0.3) is 5.91 Å². The van der Waals surface area contributed by atoms with Crippen molar-refractivity contribution in [3.63, 3.8) is 0 Å². The number of fused-ring (bicyclic) bond motifs is 1. The highest BCUT2D eigenvalue weighted by Crippen LogP contribution is 2.26. The van der Waals surface area contributed by atoms with E-state index in [9.17, 15) is 4.79 Å². The lowest BCUT2D eigenvalue weighted by Gasteiger charge is -2.30. The lowest BCUT2D eigenvalue weighted by Crippen LogP contribution is -2.43. The van der Waals surface area contributed by atoms with Gasteiger partial charge in [0, 0.05) is 6.20 Å². The topological polar surface area (TPSA) is 46.4 Å². The van der Waals surface area contributed by atoms with Crippen LogP contribution in [0.1, 0.15) is 36.3 Å². The summed E-state index contributed by atoms with van der Waals surface area (Å²) in [5, 5.41) is 3.32. The van der Waals surface area contributed by atoms with Gasteiger partial charge in [0.05, 0.1) is 5.54 Å². The molecule has 1 atom stereocenters. The van der Waals surface area contributed by atoms with Crippen LogP contribution in [0.3, 0.4) is 0 Å². The van der Waals surface area contributed by atoms with Crippen molar-refractivity contribution in [1.29, 1.82) is 0 Å². The van der Waals surface area contributed by atoms with Crippen LogP contribution in [0.15, 0.2) is 54.7 Å². The first-order valence-electron chi connectivity index (χ1n) is 7.56. The van der Waals surface area contributed by atoms with E-state index in [1.165, 1.54) is 0 Å². The van der Waals surface area contributed by atoms with Gasteiger partial charge >= 0.3 is 0 Å². The highest BCUT2D eigenvalue weighted by Gasteiger charge is 2.29. The van der Waals surface area contributed by atoms with Crippen LogP contribution in [-0.2, 0) is 5.54 Å². The average Bonchev–Trinajstić information content (AvgIpc) is 2.91. The highest BCUT2D eigenvalue weighted by molar-refractivity contribution is 6.32. The number of halogens is 1. The van der Waals surface area contributed by atoms with E-state index in [2.05, 4.69) is 10.3 Å². The molecule has 0 fully saturated rings. The first-order chi connectivity index (χ1) is 11.0. The minimum atomic E-state index is -0.472. The Kier molecular flexibility index (Phi) is 4.09. The number of pyridine rings is 1. The van der Waals surface area contributed by atoms with Crippen LogP contribution in [0, 0.1) is 0 Å². The number of hydrogen-bond acceptors (Lipinski definition) is 2. The summed E-state index contributed by atoms with van der Waals surface area (Å²) in [5.41, 5.74) is 1.60. The van der Waals surface area contributed by atoms with E-state index in [1.807, 2.05) is 62.4 Å². The molecule has 118 valence electrons. The smallest absolute Gasteiger partial charge is 0.272 e. The maximum absolute atomic E-state index is 12.8. The Bertz CT molecular complexity index is 844. The molecule has 0 radical (unpaired) electrons. The summed E-state index contributed by atoms with van der Waals surface area (Å²) in [5.74, 6) is -0.234. The van der Waals surface area contributed by atoms with Gasteiger partial charge in [-0.3, -0.25) is 9.20 Å². The minimum absolute atomic E-state index is 0.209. The normalized spacial score (nSPS) is 13.7. The van der Waals surface area contributed by atoms with Gasteiger partial charge in [-0.15, -0.1) is 0 Å². The van der Waals surface area contributed by atoms with Gasteiger partial charge < -0.3 is 5.32 Å². The standard InChI is InChI=1S/C18H18ClN3O/c1-3-18(2,13-9-5-4-6-10-13)21-17(23)15-16(19)20-14-11-7-8-12-22(14)15/h4-12H,3H2,1-2H3,(H,21,23). The number of hydrogen-bond donors (Lipinski definition) is 1. The number of aromatic nitrogens is 2.